The zero-order chi connectivity index (χ0) is 15.7. The third kappa shape index (κ3) is 6.35. The van der Waals surface area contributed by atoms with Gasteiger partial charge in [0.1, 0.15) is 5.54 Å². The van der Waals surface area contributed by atoms with Gasteiger partial charge in [-0.25, -0.2) is 0 Å². The minimum absolute atomic E-state index is 0.137. The summed E-state index contributed by atoms with van der Waals surface area (Å²) in [6, 6.07) is 0.810. The molecule has 21 heavy (non-hydrogen) atoms. The minimum atomic E-state index is -0.537. The number of rotatable bonds is 12. The van der Waals surface area contributed by atoms with Crippen molar-refractivity contribution in [1.29, 1.82) is 0 Å². The Balaban J connectivity index is 2.41. The Hall–Kier alpha value is -0.610. The number of esters is 1. The second kappa shape index (κ2) is 9.42. The van der Waals surface area contributed by atoms with E-state index in [2.05, 4.69) is 24.1 Å². The average molecular weight is 298 g/mol. The number of ether oxygens (including phenoxy) is 1. The lowest BCUT2D eigenvalue weighted by atomic mass is 9.95. The molecule has 0 bridgehead atoms. The van der Waals surface area contributed by atoms with Crippen LogP contribution in [0, 0.1) is 0 Å². The summed E-state index contributed by atoms with van der Waals surface area (Å²) in [5, 5.41) is 3.37. The van der Waals surface area contributed by atoms with E-state index >= 15 is 0 Å². The molecule has 1 rings (SSSR count). The first-order valence-electron chi connectivity index (χ1n) is 8.64. The average Bonchev–Trinajstić information content (AvgIpc) is 3.32. The molecule has 1 unspecified atom stereocenters. The molecule has 0 aromatic rings. The summed E-state index contributed by atoms with van der Waals surface area (Å²) in [6.45, 7) is 9.50. The summed E-state index contributed by atoms with van der Waals surface area (Å²) in [7, 11) is 1.48. The number of hydrogen-bond acceptors (Lipinski definition) is 4. The lowest BCUT2D eigenvalue weighted by Gasteiger charge is -2.29. The molecule has 1 fully saturated rings. The molecular weight excluding hydrogens is 264 g/mol. The fourth-order valence-corrected chi connectivity index (χ4v) is 2.80. The predicted octanol–water partition coefficient (Wildman–Crippen LogP) is 2.96. The van der Waals surface area contributed by atoms with Crippen LogP contribution in [-0.4, -0.2) is 49.2 Å². The van der Waals surface area contributed by atoms with E-state index in [1.54, 1.807) is 0 Å². The highest BCUT2D eigenvalue weighted by atomic mass is 16.5. The Morgan fingerprint density at radius 3 is 2.43 bits per heavy atom. The largest absolute Gasteiger partial charge is 0.468 e. The molecule has 1 saturated carbocycles. The molecule has 0 amide bonds. The maximum absolute atomic E-state index is 12.0. The second-order valence-electron chi connectivity index (χ2n) is 6.47. The molecule has 0 aromatic carbocycles. The van der Waals surface area contributed by atoms with Crippen LogP contribution in [0.15, 0.2) is 0 Å². The number of nitrogens with zero attached hydrogens (tertiary/aromatic N) is 1. The number of methoxy groups -OCH3 is 1. The summed E-state index contributed by atoms with van der Waals surface area (Å²) in [5.74, 6) is -0.137. The zero-order valence-electron chi connectivity index (χ0n) is 14.4. The Morgan fingerprint density at radius 1 is 1.24 bits per heavy atom. The van der Waals surface area contributed by atoms with E-state index in [1.165, 1.54) is 39.3 Å². The number of carbonyl (C=O) groups excluding carboxylic acids is 1. The first-order valence-corrected chi connectivity index (χ1v) is 8.64. The van der Waals surface area contributed by atoms with Crippen molar-refractivity contribution >= 4 is 5.97 Å². The third-order valence-electron chi connectivity index (χ3n) is 4.39. The fourth-order valence-electron chi connectivity index (χ4n) is 2.80. The smallest absolute Gasteiger partial charge is 0.325 e. The molecule has 0 aromatic heterocycles. The molecule has 0 saturated heterocycles. The molecule has 0 heterocycles. The standard InChI is InChI=1S/C17H34N2O2/c1-5-7-13-19(15-9-10-15)14-8-11-17(3,16(20)21-4)18-12-6-2/h15,18H,5-14H2,1-4H3. The number of unbranched alkanes of at least 4 members (excludes halogenated alkanes) is 1. The van der Waals surface area contributed by atoms with Gasteiger partial charge in [0.25, 0.3) is 0 Å². The van der Waals surface area contributed by atoms with Crippen molar-refractivity contribution in [3.8, 4) is 0 Å². The van der Waals surface area contributed by atoms with Crippen LogP contribution in [0.25, 0.3) is 0 Å². The van der Waals surface area contributed by atoms with Gasteiger partial charge in [-0.1, -0.05) is 20.3 Å². The van der Waals surface area contributed by atoms with E-state index in [1.807, 2.05) is 6.92 Å². The molecule has 0 radical (unpaired) electrons. The van der Waals surface area contributed by atoms with E-state index in [0.29, 0.717) is 0 Å². The Bertz CT molecular complexity index is 305. The number of hydrogen-bond donors (Lipinski definition) is 1. The van der Waals surface area contributed by atoms with Crippen LogP contribution in [0.2, 0.25) is 0 Å². The van der Waals surface area contributed by atoms with Gasteiger partial charge in [0.05, 0.1) is 7.11 Å². The summed E-state index contributed by atoms with van der Waals surface area (Å²) in [5.41, 5.74) is -0.537. The predicted molar refractivity (Wildman–Crippen MR) is 87.5 cm³/mol. The van der Waals surface area contributed by atoms with E-state index in [0.717, 1.165) is 38.4 Å². The van der Waals surface area contributed by atoms with Crippen LogP contribution >= 0.6 is 0 Å². The molecule has 1 N–H and O–H groups in total. The topological polar surface area (TPSA) is 41.6 Å². The van der Waals surface area contributed by atoms with Gasteiger partial charge in [0.15, 0.2) is 0 Å². The molecular formula is C17H34N2O2. The second-order valence-corrected chi connectivity index (χ2v) is 6.47. The van der Waals surface area contributed by atoms with Gasteiger partial charge >= 0.3 is 5.97 Å². The minimum Gasteiger partial charge on any atom is -0.468 e. The Kier molecular flexibility index (Phi) is 8.27. The summed E-state index contributed by atoms with van der Waals surface area (Å²) >= 11 is 0. The van der Waals surface area contributed by atoms with Crippen molar-refractivity contribution < 1.29 is 9.53 Å². The van der Waals surface area contributed by atoms with E-state index < -0.39 is 5.54 Å². The van der Waals surface area contributed by atoms with Gasteiger partial charge in [0, 0.05) is 6.04 Å². The quantitative estimate of drug-likeness (QED) is 0.562. The molecule has 124 valence electrons. The molecule has 1 atom stereocenters. The maximum Gasteiger partial charge on any atom is 0.325 e. The summed E-state index contributed by atoms with van der Waals surface area (Å²) in [4.78, 5) is 14.6. The van der Waals surface area contributed by atoms with Crippen LogP contribution in [0.4, 0.5) is 0 Å². The molecule has 1 aliphatic rings. The van der Waals surface area contributed by atoms with Gasteiger partial charge in [0.2, 0.25) is 0 Å². The van der Waals surface area contributed by atoms with Gasteiger partial charge in [-0.3, -0.25) is 4.79 Å². The highest BCUT2D eigenvalue weighted by Gasteiger charge is 2.34. The van der Waals surface area contributed by atoms with Crippen LogP contribution in [0.1, 0.15) is 65.7 Å². The SMILES string of the molecule is CCCCN(CCCC(C)(NCCC)C(=O)OC)C1CC1. The lowest BCUT2D eigenvalue weighted by Crippen LogP contribution is -2.50. The zero-order valence-corrected chi connectivity index (χ0v) is 14.4. The van der Waals surface area contributed by atoms with E-state index in [9.17, 15) is 4.79 Å². The maximum atomic E-state index is 12.0. The number of carbonyl (C=O) groups is 1. The third-order valence-corrected chi connectivity index (χ3v) is 4.39. The van der Waals surface area contributed by atoms with Crippen molar-refractivity contribution in [1.82, 2.24) is 10.2 Å². The van der Waals surface area contributed by atoms with Crippen molar-refractivity contribution in [3.05, 3.63) is 0 Å². The van der Waals surface area contributed by atoms with Crippen LogP contribution < -0.4 is 5.32 Å². The van der Waals surface area contributed by atoms with E-state index in [4.69, 9.17) is 4.74 Å². The van der Waals surface area contributed by atoms with E-state index in [-0.39, 0.29) is 5.97 Å². The monoisotopic (exact) mass is 298 g/mol. The van der Waals surface area contributed by atoms with Crippen molar-refractivity contribution in [2.24, 2.45) is 0 Å². The highest BCUT2D eigenvalue weighted by Crippen LogP contribution is 2.28. The summed E-state index contributed by atoms with van der Waals surface area (Å²) in [6.07, 6.45) is 8.15. The van der Waals surface area contributed by atoms with Crippen molar-refractivity contribution in [3.63, 3.8) is 0 Å². The molecule has 4 heteroatoms. The molecule has 0 aliphatic heterocycles. The van der Waals surface area contributed by atoms with Gasteiger partial charge < -0.3 is 15.0 Å². The first-order chi connectivity index (χ1) is 10.1. The summed E-state index contributed by atoms with van der Waals surface area (Å²) < 4.78 is 4.98. The van der Waals surface area contributed by atoms with Crippen LogP contribution in [-0.2, 0) is 9.53 Å². The molecule has 4 nitrogen and oxygen atoms in total. The van der Waals surface area contributed by atoms with Gasteiger partial charge in [-0.15, -0.1) is 0 Å². The molecule has 0 spiro atoms. The first kappa shape index (κ1) is 18.4. The Morgan fingerprint density at radius 2 is 1.90 bits per heavy atom. The van der Waals surface area contributed by atoms with Gasteiger partial charge in [-0.2, -0.15) is 0 Å². The Labute approximate surface area is 130 Å². The van der Waals surface area contributed by atoms with Crippen molar-refractivity contribution in [2.75, 3.05) is 26.7 Å². The fraction of sp³-hybridized carbons (Fsp3) is 0.941. The van der Waals surface area contributed by atoms with Crippen molar-refractivity contribution in [2.45, 2.75) is 77.3 Å². The highest BCUT2D eigenvalue weighted by molar-refractivity contribution is 5.80. The van der Waals surface area contributed by atoms with Gasteiger partial charge in [-0.05, 0) is 65.1 Å². The van der Waals surface area contributed by atoms with Crippen LogP contribution in [0.5, 0.6) is 0 Å². The van der Waals surface area contributed by atoms with Crippen LogP contribution in [0.3, 0.4) is 0 Å². The molecule has 1 aliphatic carbocycles. The number of nitrogens with one attached hydrogen (secondary N) is 1. The lowest BCUT2D eigenvalue weighted by molar-refractivity contribution is -0.148. The normalized spacial score (nSPS) is 17.8.